The minimum Gasteiger partial charge on any atom is -0.477 e. The molecule has 19 heavy (non-hydrogen) atoms. The van der Waals surface area contributed by atoms with Crippen molar-refractivity contribution in [3.05, 3.63) is 15.6 Å². The number of aryl methyl sites for hydroxylation is 1. The predicted molar refractivity (Wildman–Crippen MR) is 73.1 cm³/mol. The number of amides is 1. The van der Waals surface area contributed by atoms with E-state index < -0.39 is 5.97 Å². The van der Waals surface area contributed by atoms with Gasteiger partial charge in [-0.05, 0) is 19.4 Å². The quantitative estimate of drug-likeness (QED) is 0.696. The highest BCUT2D eigenvalue weighted by Gasteiger charge is 2.15. The number of aromatic carboxylic acids is 1. The zero-order valence-corrected chi connectivity index (χ0v) is 11.9. The number of nitrogens with one attached hydrogen (secondary N) is 1. The van der Waals surface area contributed by atoms with Crippen LogP contribution in [0.2, 0.25) is 0 Å². The summed E-state index contributed by atoms with van der Waals surface area (Å²) in [6.45, 7) is 4.39. The lowest BCUT2D eigenvalue weighted by Gasteiger charge is -2.11. The molecule has 1 unspecified atom stereocenters. The van der Waals surface area contributed by atoms with E-state index in [1.54, 1.807) is 6.92 Å². The lowest BCUT2D eigenvalue weighted by molar-refractivity contribution is -0.122. The number of nitrogens with zero attached hydrogens (tertiary/aromatic N) is 1. The van der Waals surface area contributed by atoms with Crippen LogP contribution in [0.5, 0.6) is 0 Å². The first kappa shape index (κ1) is 15.6. The van der Waals surface area contributed by atoms with Crippen LogP contribution in [0.4, 0.5) is 0 Å². The van der Waals surface area contributed by atoms with E-state index in [1.807, 2.05) is 6.92 Å². The van der Waals surface area contributed by atoms with Crippen molar-refractivity contribution in [1.82, 2.24) is 10.3 Å². The highest BCUT2D eigenvalue weighted by Crippen LogP contribution is 2.17. The lowest BCUT2D eigenvalue weighted by Crippen LogP contribution is -2.27. The molecule has 1 amide bonds. The maximum absolute atomic E-state index is 11.7. The van der Waals surface area contributed by atoms with E-state index in [-0.39, 0.29) is 23.2 Å². The number of carbonyl (C=O) groups excluding carboxylic acids is 1. The Morgan fingerprint density at radius 2 is 2.21 bits per heavy atom. The van der Waals surface area contributed by atoms with Crippen LogP contribution in [0.1, 0.15) is 40.1 Å². The summed E-state index contributed by atoms with van der Waals surface area (Å²) in [5.74, 6) is -0.878. The fraction of sp³-hybridized carbons (Fsp3) is 0.583. The summed E-state index contributed by atoms with van der Waals surface area (Å²) >= 11 is 1.09. The summed E-state index contributed by atoms with van der Waals surface area (Å²) in [6, 6.07) is 0. The van der Waals surface area contributed by atoms with Crippen molar-refractivity contribution in [3.63, 3.8) is 0 Å². The summed E-state index contributed by atoms with van der Waals surface area (Å²) in [6.07, 6.45) is 1.26. The van der Waals surface area contributed by atoms with Gasteiger partial charge in [-0.15, -0.1) is 11.3 Å². The van der Waals surface area contributed by atoms with Crippen molar-refractivity contribution in [2.24, 2.45) is 11.7 Å². The molecule has 0 aliphatic carbocycles. The fourth-order valence-electron chi connectivity index (χ4n) is 1.63. The first-order valence-corrected chi connectivity index (χ1v) is 6.95. The molecule has 1 atom stereocenters. The molecule has 1 heterocycles. The first-order chi connectivity index (χ1) is 8.97. The van der Waals surface area contributed by atoms with Crippen LogP contribution >= 0.6 is 11.3 Å². The van der Waals surface area contributed by atoms with Crippen molar-refractivity contribution in [3.8, 4) is 0 Å². The molecule has 106 valence electrons. The van der Waals surface area contributed by atoms with Gasteiger partial charge >= 0.3 is 5.97 Å². The van der Waals surface area contributed by atoms with E-state index in [1.165, 1.54) is 0 Å². The predicted octanol–water partition coefficient (Wildman–Crippen LogP) is 1.14. The fourth-order valence-corrected chi connectivity index (χ4v) is 2.47. The van der Waals surface area contributed by atoms with E-state index in [9.17, 15) is 9.59 Å². The van der Waals surface area contributed by atoms with Gasteiger partial charge in [-0.1, -0.05) is 13.3 Å². The Balaban J connectivity index is 2.50. The van der Waals surface area contributed by atoms with Crippen LogP contribution in [-0.2, 0) is 11.3 Å². The van der Waals surface area contributed by atoms with Gasteiger partial charge in [-0.3, -0.25) is 4.79 Å². The Morgan fingerprint density at radius 1 is 1.53 bits per heavy atom. The molecular formula is C12H19N3O3S. The summed E-state index contributed by atoms with van der Waals surface area (Å²) < 4.78 is 0. The van der Waals surface area contributed by atoms with E-state index >= 15 is 0 Å². The minimum atomic E-state index is -0.984. The largest absolute Gasteiger partial charge is 0.477 e. The number of carboxylic acids is 1. The number of carboxylic acid groups (broad SMARTS) is 1. The first-order valence-electron chi connectivity index (χ1n) is 6.14. The van der Waals surface area contributed by atoms with E-state index in [2.05, 4.69) is 10.3 Å². The molecule has 0 saturated heterocycles. The van der Waals surface area contributed by atoms with E-state index in [4.69, 9.17) is 10.8 Å². The summed E-state index contributed by atoms with van der Waals surface area (Å²) in [4.78, 5) is 26.9. The van der Waals surface area contributed by atoms with Gasteiger partial charge in [0.25, 0.3) is 0 Å². The average molecular weight is 285 g/mol. The van der Waals surface area contributed by atoms with Crippen molar-refractivity contribution in [2.45, 2.75) is 33.2 Å². The Labute approximate surface area is 116 Å². The standard InChI is InChI=1S/C12H19N3O3S/c1-3-8(5-13)4-9(16)14-6-10-15-7(2)11(19-10)12(17)18/h8H,3-6,13H2,1-2H3,(H,14,16)(H,17,18). The van der Waals surface area contributed by atoms with Crippen molar-refractivity contribution < 1.29 is 14.7 Å². The highest BCUT2D eigenvalue weighted by atomic mass is 32.1. The summed E-state index contributed by atoms with van der Waals surface area (Å²) in [5, 5.41) is 12.2. The molecule has 0 spiro atoms. The van der Waals surface area contributed by atoms with Gasteiger partial charge in [0, 0.05) is 6.42 Å². The number of carbonyl (C=O) groups is 2. The molecule has 1 rings (SSSR count). The van der Waals surface area contributed by atoms with Crippen LogP contribution in [-0.4, -0.2) is 28.5 Å². The second-order valence-corrected chi connectivity index (χ2v) is 5.40. The minimum absolute atomic E-state index is 0.0815. The smallest absolute Gasteiger partial charge is 0.347 e. The van der Waals surface area contributed by atoms with Crippen LogP contribution in [0.15, 0.2) is 0 Å². The number of nitrogens with two attached hydrogens (primary N) is 1. The normalized spacial score (nSPS) is 12.2. The molecule has 0 aliphatic rings. The topological polar surface area (TPSA) is 105 Å². The average Bonchev–Trinajstić information content (AvgIpc) is 2.75. The number of hydrogen-bond acceptors (Lipinski definition) is 5. The SMILES string of the molecule is CCC(CN)CC(=O)NCc1nc(C)c(C(=O)O)s1. The maximum atomic E-state index is 11.7. The van der Waals surface area contributed by atoms with Crippen molar-refractivity contribution in [1.29, 1.82) is 0 Å². The van der Waals surface area contributed by atoms with Crippen molar-refractivity contribution in [2.75, 3.05) is 6.54 Å². The third-order valence-corrected chi connectivity index (χ3v) is 4.00. The molecule has 0 fully saturated rings. The van der Waals surface area contributed by atoms with Crippen LogP contribution in [0.3, 0.4) is 0 Å². The molecule has 0 radical (unpaired) electrons. The molecule has 6 nitrogen and oxygen atoms in total. The van der Waals surface area contributed by atoms with E-state index in [0.717, 1.165) is 17.8 Å². The molecule has 0 bridgehead atoms. The zero-order chi connectivity index (χ0) is 14.4. The van der Waals surface area contributed by atoms with Crippen LogP contribution < -0.4 is 11.1 Å². The second kappa shape index (κ2) is 7.20. The van der Waals surface area contributed by atoms with E-state index in [0.29, 0.717) is 23.7 Å². The van der Waals surface area contributed by atoms with Gasteiger partial charge in [0.05, 0.1) is 12.2 Å². The van der Waals surface area contributed by atoms with Gasteiger partial charge in [-0.2, -0.15) is 0 Å². The number of aromatic nitrogens is 1. The third kappa shape index (κ3) is 4.60. The Kier molecular flexibility index (Phi) is 5.91. The number of rotatable bonds is 7. The van der Waals surface area contributed by atoms with Crippen LogP contribution in [0, 0.1) is 12.8 Å². The Bertz CT molecular complexity index is 455. The Hall–Kier alpha value is -1.47. The van der Waals surface area contributed by atoms with Gasteiger partial charge in [-0.25, -0.2) is 9.78 Å². The zero-order valence-electron chi connectivity index (χ0n) is 11.1. The maximum Gasteiger partial charge on any atom is 0.347 e. The molecule has 7 heteroatoms. The highest BCUT2D eigenvalue weighted by molar-refractivity contribution is 7.13. The van der Waals surface area contributed by atoms with Gasteiger partial charge in [0.15, 0.2) is 0 Å². The van der Waals surface area contributed by atoms with Gasteiger partial charge in [0.1, 0.15) is 9.88 Å². The van der Waals surface area contributed by atoms with Crippen molar-refractivity contribution >= 4 is 23.2 Å². The lowest BCUT2D eigenvalue weighted by atomic mass is 10.0. The molecule has 1 aromatic heterocycles. The monoisotopic (exact) mass is 285 g/mol. The molecule has 4 N–H and O–H groups in total. The molecule has 0 aliphatic heterocycles. The third-order valence-electron chi connectivity index (χ3n) is 2.86. The molecule has 0 aromatic carbocycles. The van der Waals surface area contributed by atoms with Gasteiger partial charge in [0.2, 0.25) is 5.91 Å². The van der Waals surface area contributed by atoms with Gasteiger partial charge < -0.3 is 16.2 Å². The van der Waals surface area contributed by atoms with Crippen LogP contribution in [0.25, 0.3) is 0 Å². The number of thiazole rings is 1. The molecule has 0 saturated carbocycles. The molecular weight excluding hydrogens is 266 g/mol. The number of hydrogen-bond donors (Lipinski definition) is 3. The summed E-state index contributed by atoms with van der Waals surface area (Å²) in [7, 11) is 0. The second-order valence-electron chi connectivity index (χ2n) is 4.32. The Morgan fingerprint density at radius 3 is 2.68 bits per heavy atom. The summed E-state index contributed by atoms with van der Waals surface area (Å²) in [5.41, 5.74) is 6.02. The molecule has 1 aromatic rings.